The van der Waals surface area contributed by atoms with Gasteiger partial charge in [-0.2, -0.15) is 0 Å². The van der Waals surface area contributed by atoms with E-state index in [4.69, 9.17) is 10.5 Å². The number of hydrogen-bond donors (Lipinski definition) is 1. The maximum Gasteiger partial charge on any atom is 0.162 e. The van der Waals surface area contributed by atoms with Crippen molar-refractivity contribution in [2.24, 2.45) is 5.73 Å². The van der Waals surface area contributed by atoms with Crippen molar-refractivity contribution in [3.63, 3.8) is 0 Å². The lowest BCUT2D eigenvalue weighted by Crippen LogP contribution is -2.49. The lowest BCUT2D eigenvalue weighted by Gasteiger charge is -2.37. The Kier molecular flexibility index (Phi) is 1.37. The first-order valence-electron chi connectivity index (χ1n) is 3.51. The van der Waals surface area contributed by atoms with Crippen LogP contribution < -0.4 is 5.73 Å². The van der Waals surface area contributed by atoms with Crippen LogP contribution in [0.5, 0.6) is 0 Å². The molecule has 0 bridgehead atoms. The van der Waals surface area contributed by atoms with Gasteiger partial charge in [0.2, 0.25) is 0 Å². The molecule has 0 aromatic carbocycles. The molecular weight excluding hydrogens is 142 g/mol. The van der Waals surface area contributed by atoms with Gasteiger partial charge in [-0.05, 0) is 6.07 Å². The number of rotatable bonds is 1. The zero-order valence-electron chi connectivity index (χ0n) is 6.03. The molecule has 0 spiro atoms. The number of nitrogens with zero attached hydrogens (tertiary/aromatic N) is 2. The highest BCUT2D eigenvalue weighted by molar-refractivity contribution is 5.10. The van der Waals surface area contributed by atoms with E-state index in [0.717, 1.165) is 18.7 Å². The predicted octanol–water partition coefficient (Wildman–Crippen LogP) is 0.00840. The van der Waals surface area contributed by atoms with Crippen LogP contribution in [0.15, 0.2) is 18.6 Å². The molecule has 1 fully saturated rings. The summed E-state index contributed by atoms with van der Waals surface area (Å²) in [5.41, 5.74) is 5.94. The van der Waals surface area contributed by atoms with Crippen LogP contribution in [0.3, 0.4) is 0 Å². The SMILES string of the molecule is NC1(c2ccncn2)CCO1. The first-order chi connectivity index (χ1) is 5.31. The van der Waals surface area contributed by atoms with E-state index >= 15 is 0 Å². The Morgan fingerprint density at radius 2 is 2.45 bits per heavy atom. The summed E-state index contributed by atoms with van der Waals surface area (Å²) in [5, 5.41) is 0. The number of nitrogens with two attached hydrogens (primary N) is 1. The summed E-state index contributed by atoms with van der Waals surface area (Å²) in [7, 11) is 0. The van der Waals surface area contributed by atoms with Gasteiger partial charge in [-0.25, -0.2) is 9.97 Å². The van der Waals surface area contributed by atoms with Gasteiger partial charge >= 0.3 is 0 Å². The fraction of sp³-hybridized carbons (Fsp3) is 0.429. The maximum absolute atomic E-state index is 5.81. The second-order valence-electron chi connectivity index (χ2n) is 2.58. The molecule has 1 saturated heterocycles. The molecule has 0 amide bonds. The topological polar surface area (TPSA) is 61.0 Å². The molecule has 1 unspecified atom stereocenters. The molecule has 1 aliphatic heterocycles. The Balaban J connectivity index is 2.29. The molecule has 11 heavy (non-hydrogen) atoms. The fourth-order valence-corrected chi connectivity index (χ4v) is 1.07. The van der Waals surface area contributed by atoms with E-state index in [9.17, 15) is 0 Å². The first-order valence-corrected chi connectivity index (χ1v) is 3.51. The van der Waals surface area contributed by atoms with Crippen LogP contribution in [0.1, 0.15) is 12.1 Å². The molecular formula is C7H9N3O. The van der Waals surface area contributed by atoms with Crippen LogP contribution in [0.25, 0.3) is 0 Å². The van der Waals surface area contributed by atoms with Crippen molar-refractivity contribution in [2.45, 2.75) is 12.1 Å². The van der Waals surface area contributed by atoms with Gasteiger partial charge in [0.1, 0.15) is 6.33 Å². The van der Waals surface area contributed by atoms with Gasteiger partial charge in [-0.15, -0.1) is 0 Å². The molecule has 1 aliphatic rings. The van der Waals surface area contributed by atoms with Crippen LogP contribution in [0.4, 0.5) is 0 Å². The fourth-order valence-electron chi connectivity index (χ4n) is 1.07. The molecule has 2 N–H and O–H groups in total. The van der Waals surface area contributed by atoms with E-state index in [0.29, 0.717) is 0 Å². The smallest absolute Gasteiger partial charge is 0.162 e. The number of aromatic nitrogens is 2. The minimum atomic E-state index is -0.636. The first kappa shape index (κ1) is 6.69. The molecule has 0 aliphatic carbocycles. The lowest BCUT2D eigenvalue weighted by atomic mass is 10.0. The summed E-state index contributed by atoms with van der Waals surface area (Å²) in [6.07, 6.45) is 3.98. The lowest BCUT2D eigenvalue weighted by molar-refractivity contribution is -0.152. The Labute approximate surface area is 64.4 Å². The summed E-state index contributed by atoms with van der Waals surface area (Å²) in [4.78, 5) is 7.81. The van der Waals surface area contributed by atoms with Crippen molar-refractivity contribution in [1.82, 2.24) is 9.97 Å². The van der Waals surface area contributed by atoms with Gasteiger partial charge in [0.25, 0.3) is 0 Å². The largest absolute Gasteiger partial charge is 0.355 e. The van der Waals surface area contributed by atoms with E-state index in [2.05, 4.69) is 9.97 Å². The molecule has 2 heterocycles. The van der Waals surface area contributed by atoms with E-state index in [1.54, 1.807) is 12.3 Å². The predicted molar refractivity (Wildman–Crippen MR) is 38.5 cm³/mol. The molecule has 1 aromatic heterocycles. The van der Waals surface area contributed by atoms with Crippen LogP contribution in [0.2, 0.25) is 0 Å². The Bertz CT molecular complexity index is 245. The van der Waals surface area contributed by atoms with E-state index in [1.165, 1.54) is 6.33 Å². The molecule has 0 saturated carbocycles. The summed E-state index contributed by atoms with van der Waals surface area (Å²) in [6.45, 7) is 0.723. The van der Waals surface area contributed by atoms with Crippen molar-refractivity contribution in [3.05, 3.63) is 24.3 Å². The molecule has 58 valence electrons. The van der Waals surface area contributed by atoms with Crippen molar-refractivity contribution in [1.29, 1.82) is 0 Å². The quantitative estimate of drug-likeness (QED) is 0.614. The molecule has 0 radical (unpaired) electrons. The van der Waals surface area contributed by atoms with Crippen LogP contribution >= 0.6 is 0 Å². The van der Waals surface area contributed by atoms with Crippen LogP contribution in [-0.2, 0) is 10.5 Å². The van der Waals surface area contributed by atoms with Gasteiger partial charge in [0.15, 0.2) is 5.72 Å². The van der Waals surface area contributed by atoms with Gasteiger partial charge in [-0.3, -0.25) is 5.73 Å². The maximum atomic E-state index is 5.81. The van der Waals surface area contributed by atoms with Gasteiger partial charge in [-0.1, -0.05) is 0 Å². The van der Waals surface area contributed by atoms with Crippen LogP contribution in [0, 0.1) is 0 Å². The monoisotopic (exact) mass is 151 g/mol. The summed E-state index contributed by atoms with van der Waals surface area (Å²) >= 11 is 0. The van der Waals surface area contributed by atoms with E-state index < -0.39 is 5.72 Å². The third-order valence-electron chi connectivity index (χ3n) is 1.85. The van der Waals surface area contributed by atoms with Crippen molar-refractivity contribution in [3.8, 4) is 0 Å². The normalized spacial score (nSPS) is 29.5. The van der Waals surface area contributed by atoms with Crippen molar-refractivity contribution in [2.75, 3.05) is 6.61 Å². The second kappa shape index (κ2) is 2.25. The van der Waals surface area contributed by atoms with E-state index in [1.807, 2.05) is 0 Å². The van der Waals surface area contributed by atoms with Crippen molar-refractivity contribution >= 4 is 0 Å². The highest BCUT2D eigenvalue weighted by atomic mass is 16.5. The van der Waals surface area contributed by atoms with Gasteiger partial charge in [0, 0.05) is 12.6 Å². The summed E-state index contributed by atoms with van der Waals surface area (Å²) in [5.74, 6) is 0. The Morgan fingerprint density at radius 1 is 1.64 bits per heavy atom. The van der Waals surface area contributed by atoms with Gasteiger partial charge < -0.3 is 4.74 Å². The Hall–Kier alpha value is -1.00. The molecule has 4 nitrogen and oxygen atoms in total. The molecule has 1 atom stereocenters. The highest BCUT2D eigenvalue weighted by Gasteiger charge is 2.37. The molecule has 2 rings (SSSR count). The zero-order chi connectivity index (χ0) is 7.73. The Morgan fingerprint density at radius 3 is 2.91 bits per heavy atom. The third kappa shape index (κ3) is 1.00. The van der Waals surface area contributed by atoms with Crippen molar-refractivity contribution < 1.29 is 4.74 Å². The highest BCUT2D eigenvalue weighted by Crippen LogP contribution is 2.29. The molecule has 4 heteroatoms. The summed E-state index contributed by atoms with van der Waals surface area (Å²) < 4.78 is 5.19. The summed E-state index contributed by atoms with van der Waals surface area (Å²) in [6, 6.07) is 1.78. The standard InChI is InChI=1S/C7H9N3O/c8-7(2-4-11-7)6-1-3-9-5-10-6/h1,3,5H,2,4,8H2. The molecule has 1 aromatic rings. The number of ether oxygens (including phenoxy) is 1. The minimum absolute atomic E-state index is 0.636. The third-order valence-corrected chi connectivity index (χ3v) is 1.85. The number of hydrogen-bond acceptors (Lipinski definition) is 4. The van der Waals surface area contributed by atoms with Gasteiger partial charge in [0.05, 0.1) is 12.3 Å². The average molecular weight is 151 g/mol. The second-order valence-corrected chi connectivity index (χ2v) is 2.58. The van der Waals surface area contributed by atoms with Crippen LogP contribution in [-0.4, -0.2) is 16.6 Å². The zero-order valence-corrected chi connectivity index (χ0v) is 6.03. The van der Waals surface area contributed by atoms with E-state index in [-0.39, 0.29) is 0 Å². The minimum Gasteiger partial charge on any atom is -0.355 e. The average Bonchev–Trinajstić information content (AvgIpc) is 2.02.